The third-order valence-corrected chi connectivity index (χ3v) is 4.52. The van der Waals surface area contributed by atoms with Crippen molar-refractivity contribution in [2.45, 2.75) is 33.1 Å². The fourth-order valence-corrected chi connectivity index (χ4v) is 3.57. The lowest BCUT2D eigenvalue weighted by atomic mass is 9.98. The van der Waals surface area contributed by atoms with Crippen LogP contribution in [0, 0.1) is 19.8 Å². The Bertz CT molecular complexity index is 425. The van der Waals surface area contributed by atoms with Gasteiger partial charge in [-0.1, -0.05) is 17.7 Å². The second kappa shape index (κ2) is 6.28. The van der Waals surface area contributed by atoms with E-state index >= 15 is 0 Å². The smallest absolute Gasteiger partial charge is 0.224 e. The average molecular weight is 263 g/mol. The summed E-state index contributed by atoms with van der Waals surface area (Å²) >= 11 is 2.00. The number of hydrogen-bond donors (Lipinski definition) is 1. The Kier molecular flexibility index (Phi) is 4.70. The van der Waals surface area contributed by atoms with E-state index in [-0.39, 0.29) is 5.91 Å². The largest absolute Gasteiger partial charge is 0.326 e. The Morgan fingerprint density at radius 3 is 2.72 bits per heavy atom. The molecule has 1 saturated heterocycles. The van der Waals surface area contributed by atoms with E-state index in [0.29, 0.717) is 12.3 Å². The normalized spacial score (nSPS) is 16.6. The van der Waals surface area contributed by atoms with Gasteiger partial charge in [0.1, 0.15) is 0 Å². The molecule has 1 aromatic carbocycles. The minimum absolute atomic E-state index is 0.166. The molecule has 0 spiro atoms. The molecule has 0 unspecified atom stereocenters. The Morgan fingerprint density at radius 1 is 1.33 bits per heavy atom. The van der Waals surface area contributed by atoms with Crippen molar-refractivity contribution in [1.29, 1.82) is 0 Å². The van der Waals surface area contributed by atoms with Crippen molar-refractivity contribution in [3.8, 4) is 0 Å². The Morgan fingerprint density at radius 2 is 2.06 bits per heavy atom. The van der Waals surface area contributed by atoms with Crippen LogP contribution in [-0.4, -0.2) is 17.4 Å². The van der Waals surface area contributed by atoms with E-state index in [2.05, 4.69) is 18.3 Å². The first-order chi connectivity index (χ1) is 8.65. The van der Waals surface area contributed by atoms with Crippen LogP contribution in [0.2, 0.25) is 0 Å². The fourth-order valence-electron chi connectivity index (χ4n) is 2.37. The predicted molar refractivity (Wildman–Crippen MR) is 79.2 cm³/mol. The number of anilines is 1. The summed E-state index contributed by atoms with van der Waals surface area (Å²) < 4.78 is 0. The molecule has 98 valence electrons. The number of carbonyl (C=O) groups is 1. The number of amides is 1. The molecule has 1 aliphatic rings. The third kappa shape index (κ3) is 3.77. The van der Waals surface area contributed by atoms with Crippen LogP contribution < -0.4 is 5.32 Å². The zero-order valence-corrected chi connectivity index (χ0v) is 12.0. The average Bonchev–Trinajstić information content (AvgIpc) is 2.34. The lowest BCUT2D eigenvalue weighted by Crippen LogP contribution is -2.20. The van der Waals surface area contributed by atoms with Crippen molar-refractivity contribution in [3.63, 3.8) is 0 Å². The molecule has 2 nitrogen and oxygen atoms in total. The van der Waals surface area contributed by atoms with Gasteiger partial charge in [-0.15, -0.1) is 0 Å². The minimum atomic E-state index is 0.166. The first kappa shape index (κ1) is 13.5. The summed E-state index contributed by atoms with van der Waals surface area (Å²) in [6, 6.07) is 6.14. The number of benzene rings is 1. The molecule has 1 amide bonds. The number of rotatable bonds is 3. The highest BCUT2D eigenvalue weighted by atomic mass is 32.2. The van der Waals surface area contributed by atoms with E-state index in [1.807, 2.05) is 30.8 Å². The molecule has 0 radical (unpaired) electrons. The van der Waals surface area contributed by atoms with Gasteiger partial charge in [-0.05, 0) is 55.7 Å². The summed E-state index contributed by atoms with van der Waals surface area (Å²) in [5, 5.41) is 3.04. The van der Waals surface area contributed by atoms with E-state index in [1.165, 1.54) is 29.9 Å². The zero-order valence-electron chi connectivity index (χ0n) is 11.2. The highest BCUT2D eigenvalue weighted by Crippen LogP contribution is 2.26. The van der Waals surface area contributed by atoms with E-state index in [1.54, 1.807) is 0 Å². The van der Waals surface area contributed by atoms with E-state index < -0.39 is 0 Å². The summed E-state index contributed by atoms with van der Waals surface area (Å²) in [4.78, 5) is 12.0. The van der Waals surface area contributed by atoms with Crippen molar-refractivity contribution in [2.24, 2.45) is 5.92 Å². The summed E-state index contributed by atoms with van der Waals surface area (Å²) in [6.45, 7) is 4.11. The maximum Gasteiger partial charge on any atom is 0.224 e. The maximum atomic E-state index is 12.0. The highest BCUT2D eigenvalue weighted by molar-refractivity contribution is 7.99. The van der Waals surface area contributed by atoms with Crippen LogP contribution in [0.3, 0.4) is 0 Å². The molecular weight excluding hydrogens is 242 g/mol. The molecule has 3 heteroatoms. The molecule has 18 heavy (non-hydrogen) atoms. The first-order valence-electron chi connectivity index (χ1n) is 6.60. The minimum Gasteiger partial charge on any atom is -0.326 e. The van der Waals surface area contributed by atoms with Crippen LogP contribution in [0.1, 0.15) is 30.4 Å². The van der Waals surface area contributed by atoms with Gasteiger partial charge in [0.25, 0.3) is 0 Å². The van der Waals surface area contributed by atoms with Gasteiger partial charge >= 0.3 is 0 Å². The van der Waals surface area contributed by atoms with Gasteiger partial charge in [-0.3, -0.25) is 4.79 Å². The van der Waals surface area contributed by atoms with Gasteiger partial charge in [0.15, 0.2) is 0 Å². The second-order valence-electron chi connectivity index (χ2n) is 5.13. The Hall–Kier alpha value is -0.960. The number of nitrogens with one attached hydrogen (secondary N) is 1. The fraction of sp³-hybridized carbons (Fsp3) is 0.533. The Labute approximate surface area is 114 Å². The van der Waals surface area contributed by atoms with E-state index in [4.69, 9.17) is 0 Å². The molecule has 1 heterocycles. The predicted octanol–water partition coefficient (Wildman–Crippen LogP) is 3.78. The van der Waals surface area contributed by atoms with Crippen LogP contribution in [0.5, 0.6) is 0 Å². The summed E-state index contributed by atoms with van der Waals surface area (Å²) in [6.07, 6.45) is 3.05. The van der Waals surface area contributed by atoms with Crippen molar-refractivity contribution in [2.75, 3.05) is 16.8 Å². The van der Waals surface area contributed by atoms with Gasteiger partial charge in [-0.2, -0.15) is 11.8 Å². The van der Waals surface area contributed by atoms with Gasteiger partial charge in [0.05, 0.1) is 0 Å². The number of thioether (sulfide) groups is 1. The molecule has 0 aliphatic carbocycles. The van der Waals surface area contributed by atoms with Gasteiger partial charge in [-0.25, -0.2) is 0 Å². The molecule has 0 aromatic heterocycles. The molecule has 1 N–H and O–H groups in total. The monoisotopic (exact) mass is 263 g/mol. The molecule has 0 saturated carbocycles. The number of aryl methyl sites for hydroxylation is 2. The van der Waals surface area contributed by atoms with Crippen LogP contribution >= 0.6 is 11.8 Å². The highest BCUT2D eigenvalue weighted by Gasteiger charge is 2.17. The van der Waals surface area contributed by atoms with Crippen LogP contribution in [0.4, 0.5) is 5.69 Å². The molecule has 0 bridgehead atoms. The van der Waals surface area contributed by atoms with Gasteiger partial charge in [0.2, 0.25) is 5.91 Å². The lowest BCUT2D eigenvalue weighted by Gasteiger charge is -2.20. The molecule has 2 rings (SSSR count). The van der Waals surface area contributed by atoms with Gasteiger partial charge in [0, 0.05) is 12.1 Å². The van der Waals surface area contributed by atoms with Crippen molar-refractivity contribution >= 4 is 23.4 Å². The number of hydrogen-bond acceptors (Lipinski definition) is 2. The summed E-state index contributed by atoms with van der Waals surface area (Å²) in [7, 11) is 0. The van der Waals surface area contributed by atoms with E-state index in [9.17, 15) is 4.79 Å². The number of carbonyl (C=O) groups excluding carboxylic acids is 1. The van der Waals surface area contributed by atoms with Crippen molar-refractivity contribution < 1.29 is 4.79 Å². The van der Waals surface area contributed by atoms with Crippen LogP contribution in [0.15, 0.2) is 18.2 Å². The molecule has 0 atom stereocenters. The second-order valence-corrected chi connectivity index (χ2v) is 6.35. The summed E-state index contributed by atoms with van der Waals surface area (Å²) in [5.74, 6) is 3.17. The molecular formula is C15H21NOS. The topological polar surface area (TPSA) is 29.1 Å². The molecule has 1 aliphatic heterocycles. The third-order valence-electron chi connectivity index (χ3n) is 3.47. The van der Waals surface area contributed by atoms with E-state index in [0.717, 1.165) is 11.3 Å². The van der Waals surface area contributed by atoms with Crippen molar-refractivity contribution in [1.82, 2.24) is 0 Å². The van der Waals surface area contributed by atoms with Crippen molar-refractivity contribution in [3.05, 3.63) is 29.3 Å². The standard InChI is InChI=1S/C15H21NOS/c1-11-3-4-14(12(2)9-11)16-15(17)10-13-5-7-18-8-6-13/h3-4,9,13H,5-8,10H2,1-2H3,(H,16,17). The SMILES string of the molecule is Cc1ccc(NC(=O)CC2CCSCC2)c(C)c1. The zero-order chi connectivity index (χ0) is 13.0. The maximum absolute atomic E-state index is 12.0. The molecule has 1 fully saturated rings. The van der Waals surface area contributed by atoms with Gasteiger partial charge < -0.3 is 5.32 Å². The quantitative estimate of drug-likeness (QED) is 0.899. The van der Waals surface area contributed by atoms with Crippen LogP contribution in [-0.2, 0) is 4.79 Å². The Balaban J connectivity index is 1.90. The first-order valence-corrected chi connectivity index (χ1v) is 7.75. The van der Waals surface area contributed by atoms with Crippen LogP contribution in [0.25, 0.3) is 0 Å². The molecule has 1 aromatic rings. The summed E-state index contributed by atoms with van der Waals surface area (Å²) in [5.41, 5.74) is 3.33. The lowest BCUT2D eigenvalue weighted by molar-refractivity contribution is -0.117.